The lowest BCUT2D eigenvalue weighted by Gasteiger charge is -2.26. The number of ether oxygens (including phenoxy) is 4. The lowest BCUT2D eigenvalue weighted by atomic mass is 9.92. The maximum absolute atomic E-state index is 12.4. The zero-order valence-corrected chi connectivity index (χ0v) is 37.1. The molecular weight excluding hydrogens is 687 g/mol. The van der Waals surface area contributed by atoms with Gasteiger partial charge in [0.15, 0.2) is 0 Å². The first-order valence-corrected chi connectivity index (χ1v) is 24.3. The molecule has 326 valence electrons. The van der Waals surface area contributed by atoms with Crippen molar-refractivity contribution in [3.8, 4) is 0 Å². The lowest BCUT2D eigenvalue weighted by molar-refractivity contribution is -0.145. The highest BCUT2D eigenvalue weighted by Crippen LogP contribution is 2.23. The van der Waals surface area contributed by atoms with Crippen LogP contribution in [0.25, 0.3) is 0 Å². The first kappa shape index (κ1) is 51.8. The molecule has 0 aromatic rings. The molecule has 0 aliphatic carbocycles. The molecule has 0 aromatic heterocycles. The molecule has 1 saturated heterocycles. The van der Waals surface area contributed by atoms with Crippen LogP contribution >= 0.6 is 0 Å². The fraction of sp³-hybridized carbons (Fsp3) is 0.958. The van der Waals surface area contributed by atoms with Crippen LogP contribution in [0, 0.1) is 11.8 Å². The number of esters is 2. The Morgan fingerprint density at radius 1 is 0.509 bits per heavy atom. The van der Waals surface area contributed by atoms with E-state index in [0.29, 0.717) is 63.8 Å². The first-order chi connectivity index (χ1) is 27.0. The molecule has 0 saturated carbocycles. The Hall–Kier alpha value is -1.18. The highest BCUT2D eigenvalue weighted by molar-refractivity contribution is 5.69. The standard InChI is InChI=1S/C48H93NO6/c1-5-9-19-27-43(28-20-10-6-2)35-37-54-47(50)33-25-17-13-15-23-31-45(49-41-46-42-52-39-40-53-46)32-24-16-14-18-26-34-48(51)55-38-36-44(29-21-11-7-3)30-22-12-8-4/h43-46,49H,5-42H2,1-4H3. The van der Waals surface area contributed by atoms with Gasteiger partial charge < -0.3 is 24.3 Å². The Bertz CT molecular complexity index is 757. The van der Waals surface area contributed by atoms with E-state index in [1.165, 1.54) is 154 Å². The second kappa shape index (κ2) is 39.6. The van der Waals surface area contributed by atoms with Crippen molar-refractivity contribution < 1.29 is 28.5 Å². The summed E-state index contributed by atoms with van der Waals surface area (Å²) in [6.45, 7) is 13.2. The van der Waals surface area contributed by atoms with E-state index in [1.807, 2.05) is 0 Å². The predicted octanol–water partition coefficient (Wildman–Crippen LogP) is 13.2. The smallest absolute Gasteiger partial charge is 0.305 e. The molecule has 1 heterocycles. The summed E-state index contributed by atoms with van der Waals surface area (Å²) in [5.74, 6) is 1.41. The molecule has 7 heteroatoms. The minimum Gasteiger partial charge on any atom is -0.466 e. The summed E-state index contributed by atoms with van der Waals surface area (Å²) in [6.07, 6.45) is 37.6. The van der Waals surface area contributed by atoms with Crippen molar-refractivity contribution in [3.63, 3.8) is 0 Å². The van der Waals surface area contributed by atoms with Gasteiger partial charge in [-0.2, -0.15) is 0 Å². The number of rotatable bonds is 41. The number of hydrogen-bond donors (Lipinski definition) is 1. The predicted molar refractivity (Wildman–Crippen MR) is 232 cm³/mol. The molecule has 1 unspecified atom stereocenters. The minimum atomic E-state index is -0.00587. The van der Waals surface area contributed by atoms with E-state index >= 15 is 0 Å². The summed E-state index contributed by atoms with van der Waals surface area (Å²) in [5, 5.41) is 3.81. The van der Waals surface area contributed by atoms with Crippen LogP contribution < -0.4 is 5.32 Å². The third kappa shape index (κ3) is 33.5. The van der Waals surface area contributed by atoms with Gasteiger partial charge in [-0.15, -0.1) is 0 Å². The van der Waals surface area contributed by atoms with Gasteiger partial charge in [0.25, 0.3) is 0 Å². The fourth-order valence-electron chi connectivity index (χ4n) is 8.10. The molecule has 0 radical (unpaired) electrons. The third-order valence-corrected chi connectivity index (χ3v) is 11.8. The fourth-order valence-corrected chi connectivity index (χ4v) is 8.10. The number of hydrogen-bond acceptors (Lipinski definition) is 7. The number of nitrogens with one attached hydrogen (secondary N) is 1. The number of unbranched alkanes of at least 4 members (excludes halogenated alkanes) is 16. The van der Waals surface area contributed by atoms with Gasteiger partial charge in [-0.05, 0) is 50.4 Å². The quantitative estimate of drug-likeness (QED) is 0.0489. The molecule has 1 aliphatic heterocycles. The summed E-state index contributed by atoms with van der Waals surface area (Å²) >= 11 is 0. The minimum absolute atomic E-state index is 0.00587. The molecule has 55 heavy (non-hydrogen) atoms. The van der Waals surface area contributed by atoms with Gasteiger partial charge in [0.1, 0.15) is 0 Å². The zero-order chi connectivity index (χ0) is 39.9. The molecule has 0 spiro atoms. The third-order valence-electron chi connectivity index (χ3n) is 11.8. The topological polar surface area (TPSA) is 83.1 Å². The van der Waals surface area contributed by atoms with Crippen LogP contribution in [0.2, 0.25) is 0 Å². The van der Waals surface area contributed by atoms with Gasteiger partial charge in [0.05, 0.1) is 39.1 Å². The summed E-state index contributed by atoms with van der Waals surface area (Å²) < 4.78 is 22.8. The maximum Gasteiger partial charge on any atom is 0.305 e. The van der Waals surface area contributed by atoms with E-state index in [0.717, 1.165) is 45.1 Å². The highest BCUT2D eigenvalue weighted by Gasteiger charge is 2.17. The van der Waals surface area contributed by atoms with Crippen molar-refractivity contribution in [1.29, 1.82) is 0 Å². The molecule has 0 amide bonds. The number of carbonyl (C=O) groups is 2. The summed E-state index contributed by atoms with van der Waals surface area (Å²) in [5.41, 5.74) is 0. The van der Waals surface area contributed by atoms with E-state index < -0.39 is 0 Å². The van der Waals surface area contributed by atoms with Gasteiger partial charge in [-0.1, -0.05) is 182 Å². The van der Waals surface area contributed by atoms with E-state index in [1.54, 1.807) is 0 Å². The Labute approximate surface area is 341 Å². The van der Waals surface area contributed by atoms with Crippen LogP contribution in [0.15, 0.2) is 0 Å². The van der Waals surface area contributed by atoms with Gasteiger partial charge in [0.2, 0.25) is 0 Å². The largest absolute Gasteiger partial charge is 0.466 e. The average molecular weight is 780 g/mol. The molecule has 0 aromatic carbocycles. The van der Waals surface area contributed by atoms with Crippen LogP contribution in [0.3, 0.4) is 0 Å². The van der Waals surface area contributed by atoms with Crippen LogP contribution in [0.4, 0.5) is 0 Å². The molecule has 1 fully saturated rings. The van der Waals surface area contributed by atoms with Gasteiger partial charge in [-0.25, -0.2) is 0 Å². The molecule has 1 atom stereocenters. The number of carbonyl (C=O) groups excluding carboxylic acids is 2. The Kier molecular flexibility index (Phi) is 37.4. The normalized spacial score (nSPS) is 14.7. The van der Waals surface area contributed by atoms with E-state index in [4.69, 9.17) is 18.9 Å². The molecule has 1 N–H and O–H groups in total. The van der Waals surface area contributed by atoms with Crippen molar-refractivity contribution >= 4 is 11.9 Å². The SMILES string of the molecule is CCCCCC(CCCCC)CCOC(=O)CCCCCCCC(CCCCCCCC(=O)OCCC(CCCCC)CCCCC)NCC1COCCO1. The van der Waals surface area contributed by atoms with Crippen LogP contribution in [-0.2, 0) is 28.5 Å². The zero-order valence-electron chi connectivity index (χ0n) is 37.1. The second-order valence-electron chi connectivity index (χ2n) is 17.0. The van der Waals surface area contributed by atoms with Crippen molar-refractivity contribution in [1.82, 2.24) is 5.32 Å². The van der Waals surface area contributed by atoms with Gasteiger partial charge in [0, 0.05) is 25.4 Å². The van der Waals surface area contributed by atoms with E-state index in [2.05, 4.69) is 33.0 Å². The van der Waals surface area contributed by atoms with Crippen molar-refractivity contribution in [2.75, 3.05) is 39.6 Å². The summed E-state index contributed by atoms with van der Waals surface area (Å²) in [4.78, 5) is 24.8. The highest BCUT2D eigenvalue weighted by atomic mass is 16.6. The maximum atomic E-state index is 12.4. The van der Waals surface area contributed by atoms with E-state index in [9.17, 15) is 9.59 Å². The van der Waals surface area contributed by atoms with Gasteiger partial charge >= 0.3 is 11.9 Å². The first-order valence-electron chi connectivity index (χ1n) is 24.3. The van der Waals surface area contributed by atoms with E-state index in [-0.39, 0.29) is 18.0 Å². The average Bonchev–Trinajstić information content (AvgIpc) is 3.19. The van der Waals surface area contributed by atoms with Crippen molar-refractivity contribution in [3.05, 3.63) is 0 Å². The van der Waals surface area contributed by atoms with Gasteiger partial charge in [-0.3, -0.25) is 9.59 Å². The second-order valence-corrected chi connectivity index (χ2v) is 17.0. The molecule has 0 bridgehead atoms. The monoisotopic (exact) mass is 780 g/mol. The molecule has 1 aliphatic rings. The van der Waals surface area contributed by atoms with Crippen LogP contribution in [0.5, 0.6) is 0 Å². The summed E-state index contributed by atoms with van der Waals surface area (Å²) in [6, 6.07) is 0.496. The lowest BCUT2D eigenvalue weighted by Crippen LogP contribution is -2.41. The molecule has 7 nitrogen and oxygen atoms in total. The van der Waals surface area contributed by atoms with Crippen molar-refractivity contribution in [2.45, 2.75) is 245 Å². The summed E-state index contributed by atoms with van der Waals surface area (Å²) in [7, 11) is 0. The Morgan fingerprint density at radius 2 is 0.909 bits per heavy atom. The van der Waals surface area contributed by atoms with Crippen LogP contribution in [-0.4, -0.2) is 63.7 Å². The molecular formula is C48H93NO6. The van der Waals surface area contributed by atoms with Crippen LogP contribution in [0.1, 0.15) is 233 Å². The molecule has 1 rings (SSSR count). The Balaban J connectivity index is 2.22. The van der Waals surface area contributed by atoms with Crippen molar-refractivity contribution in [2.24, 2.45) is 11.8 Å². The Morgan fingerprint density at radius 3 is 1.31 bits per heavy atom.